The number of halogens is 1. The highest BCUT2D eigenvalue weighted by molar-refractivity contribution is 6.10. The van der Waals surface area contributed by atoms with Gasteiger partial charge in [0.25, 0.3) is 5.91 Å². The van der Waals surface area contributed by atoms with Gasteiger partial charge in [-0.1, -0.05) is 11.2 Å². The summed E-state index contributed by atoms with van der Waals surface area (Å²) in [6, 6.07) is 9.73. The van der Waals surface area contributed by atoms with Crippen LogP contribution in [-0.4, -0.2) is 22.2 Å². The fraction of sp³-hybridized carbons (Fsp3) is 0.350. The molecule has 1 aromatic heterocycles. The molecule has 3 aliphatic rings. The summed E-state index contributed by atoms with van der Waals surface area (Å²) in [6.07, 6.45) is 6.46. The molecule has 2 fully saturated rings. The standard InChI is InChI=1S/C20H18FN3O2/c21-15-4-1-5-16(10-15)23-19(25)20-14-7-6-12(9-14)17(20)18(24-26-20)13-3-2-8-22-11-13/h1-5,8,10-12,14,17H,6-7,9H2,(H,23,25). The Labute approximate surface area is 150 Å². The minimum atomic E-state index is -1.000. The number of aromatic nitrogens is 1. The number of hydrogen-bond acceptors (Lipinski definition) is 4. The number of carbonyl (C=O) groups excluding carboxylic acids is 1. The first-order valence-electron chi connectivity index (χ1n) is 8.92. The molecule has 132 valence electrons. The van der Waals surface area contributed by atoms with Crippen LogP contribution in [0.3, 0.4) is 0 Å². The average molecular weight is 351 g/mol. The normalized spacial score (nSPS) is 31.3. The molecule has 1 aromatic carbocycles. The van der Waals surface area contributed by atoms with Gasteiger partial charge in [-0.25, -0.2) is 4.39 Å². The van der Waals surface area contributed by atoms with Crippen LogP contribution in [0.1, 0.15) is 24.8 Å². The fourth-order valence-corrected chi connectivity index (χ4v) is 4.96. The molecule has 0 radical (unpaired) electrons. The van der Waals surface area contributed by atoms with Gasteiger partial charge in [0.2, 0.25) is 5.60 Å². The van der Waals surface area contributed by atoms with E-state index in [1.165, 1.54) is 12.1 Å². The molecule has 5 rings (SSSR count). The van der Waals surface area contributed by atoms with E-state index in [0.717, 1.165) is 30.5 Å². The summed E-state index contributed by atoms with van der Waals surface area (Å²) in [5, 5.41) is 7.18. The van der Waals surface area contributed by atoms with Crippen LogP contribution in [0.4, 0.5) is 10.1 Å². The first kappa shape index (κ1) is 15.5. The van der Waals surface area contributed by atoms with E-state index in [4.69, 9.17) is 4.84 Å². The van der Waals surface area contributed by atoms with Crippen molar-refractivity contribution < 1.29 is 14.0 Å². The summed E-state index contributed by atoms with van der Waals surface area (Å²) in [5.74, 6) is -0.199. The lowest BCUT2D eigenvalue weighted by molar-refractivity contribution is -0.149. The van der Waals surface area contributed by atoms with Crippen molar-refractivity contribution in [2.24, 2.45) is 22.9 Å². The second kappa shape index (κ2) is 5.62. The quantitative estimate of drug-likeness (QED) is 0.922. The molecular formula is C20H18FN3O2. The maximum absolute atomic E-state index is 13.5. The van der Waals surface area contributed by atoms with Gasteiger partial charge in [-0.2, -0.15) is 0 Å². The van der Waals surface area contributed by atoms with E-state index in [2.05, 4.69) is 15.5 Å². The van der Waals surface area contributed by atoms with Crippen LogP contribution >= 0.6 is 0 Å². The molecule has 2 bridgehead atoms. The summed E-state index contributed by atoms with van der Waals surface area (Å²) in [4.78, 5) is 23.3. The van der Waals surface area contributed by atoms with Crippen LogP contribution in [-0.2, 0) is 9.63 Å². The Morgan fingerprint density at radius 3 is 3.00 bits per heavy atom. The maximum Gasteiger partial charge on any atom is 0.272 e. The molecule has 0 saturated heterocycles. The molecule has 5 nitrogen and oxygen atoms in total. The minimum absolute atomic E-state index is 0.0843. The van der Waals surface area contributed by atoms with Gasteiger partial charge in [0.05, 0.1) is 11.6 Å². The Bertz CT molecular complexity index is 901. The van der Waals surface area contributed by atoms with E-state index >= 15 is 0 Å². The predicted octanol–water partition coefficient (Wildman–Crippen LogP) is 3.38. The second-order valence-electron chi connectivity index (χ2n) is 7.31. The van der Waals surface area contributed by atoms with Crippen molar-refractivity contribution in [3.05, 3.63) is 60.2 Å². The average Bonchev–Trinajstić information content (AvgIpc) is 3.34. The summed E-state index contributed by atoms with van der Waals surface area (Å²) >= 11 is 0. The largest absolute Gasteiger partial charge is 0.378 e. The molecule has 2 heterocycles. The van der Waals surface area contributed by atoms with Crippen LogP contribution in [0.25, 0.3) is 0 Å². The topological polar surface area (TPSA) is 63.6 Å². The number of hydrogen-bond donors (Lipinski definition) is 1. The van der Waals surface area contributed by atoms with Gasteiger partial charge in [0.15, 0.2) is 0 Å². The van der Waals surface area contributed by atoms with Gasteiger partial charge in [0, 0.05) is 29.6 Å². The molecule has 1 N–H and O–H groups in total. The van der Waals surface area contributed by atoms with Crippen molar-refractivity contribution >= 4 is 17.3 Å². The smallest absolute Gasteiger partial charge is 0.272 e. The lowest BCUT2D eigenvalue weighted by atomic mass is 9.72. The van der Waals surface area contributed by atoms with Gasteiger partial charge in [-0.05, 0) is 55.5 Å². The molecule has 2 aromatic rings. The van der Waals surface area contributed by atoms with Gasteiger partial charge in [-0.3, -0.25) is 9.78 Å². The van der Waals surface area contributed by atoms with Crippen molar-refractivity contribution in [3.8, 4) is 0 Å². The van der Waals surface area contributed by atoms with Crippen LogP contribution in [0.2, 0.25) is 0 Å². The van der Waals surface area contributed by atoms with Crippen molar-refractivity contribution in [2.45, 2.75) is 24.9 Å². The first-order valence-corrected chi connectivity index (χ1v) is 8.92. The SMILES string of the molecule is O=C(Nc1cccc(F)c1)C12ON=C(c3cccnc3)C1C1CCC2C1. The molecule has 2 aliphatic carbocycles. The van der Waals surface area contributed by atoms with Crippen LogP contribution in [0.15, 0.2) is 53.9 Å². The van der Waals surface area contributed by atoms with Gasteiger partial charge < -0.3 is 10.2 Å². The molecule has 6 heteroatoms. The number of oxime groups is 1. The van der Waals surface area contributed by atoms with Crippen molar-refractivity contribution in [1.29, 1.82) is 0 Å². The van der Waals surface area contributed by atoms with Crippen molar-refractivity contribution in [1.82, 2.24) is 4.98 Å². The number of benzene rings is 1. The third kappa shape index (κ3) is 2.11. The lowest BCUT2D eigenvalue weighted by Gasteiger charge is -2.35. The predicted molar refractivity (Wildman–Crippen MR) is 93.9 cm³/mol. The van der Waals surface area contributed by atoms with Crippen molar-refractivity contribution in [2.75, 3.05) is 5.32 Å². The zero-order valence-corrected chi connectivity index (χ0v) is 14.1. The summed E-state index contributed by atoms with van der Waals surface area (Å²) in [7, 11) is 0. The van der Waals surface area contributed by atoms with E-state index in [0.29, 0.717) is 11.6 Å². The Kier molecular flexibility index (Phi) is 3.35. The van der Waals surface area contributed by atoms with Crippen molar-refractivity contribution in [3.63, 3.8) is 0 Å². The van der Waals surface area contributed by atoms with Gasteiger partial charge in [-0.15, -0.1) is 0 Å². The number of carbonyl (C=O) groups is 1. The van der Waals surface area contributed by atoms with E-state index in [1.54, 1.807) is 24.5 Å². The maximum atomic E-state index is 13.5. The second-order valence-corrected chi connectivity index (χ2v) is 7.31. The monoisotopic (exact) mass is 351 g/mol. The fourth-order valence-electron chi connectivity index (χ4n) is 4.96. The summed E-state index contributed by atoms with van der Waals surface area (Å²) in [5.41, 5.74) is 1.13. The summed E-state index contributed by atoms with van der Waals surface area (Å²) < 4.78 is 13.5. The van der Waals surface area contributed by atoms with E-state index in [9.17, 15) is 9.18 Å². The molecule has 4 atom stereocenters. The molecular weight excluding hydrogens is 333 g/mol. The number of fused-ring (bicyclic) bond motifs is 5. The molecule has 1 aliphatic heterocycles. The highest BCUT2D eigenvalue weighted by Crippen LogP contribution is 2.60. The highest BCUT2D eigenvalue weighted by atomic mass is 19.1. The molecule has 1 amide bonds. The highest BCUT2D eigenvalue weighted by Gasteiger charge is 2.69. The Morgan fingerprint density at radius 1 is 1.27 bits per heavy atom. The molecule has 4 unspecified atom stereocenters. The van der Waals surface area contributed by atoms with Gasteiger partial charge in [0.1, 0.15) is 5.82 Å². The number of anilines is 1. The Hall–Kier alpha value is -2.76. The van der Waals surface area contributed by atoms with E-state index in [-0.39, 0.29) is 23.6 Å². The number of amides is 1. The van der Waals surface area contributed by atoms with Crippen LogP contribution in [0.5, 0.6) is 0 Å². The Morgan fingerprint density at radius 2 is 2.19 bits per heavy atom. The first-order chi connectivity index (χ1) is 12.7. The van der Waals surface area contributed by atoms with Gasteiger partial charge >= 0.3 is 0 Å². The third-order valence-corrected chi connectivity index (χ3v) is 6.00. The zero-order valence-electron chi connectivity index (χ0n) is 14.1. The molecule has 2 saturated carbocycles. The van der Waals surface area contributed by atoms with E-state index < -0.39 is 5.60 Å². The zero-order chi connectivity index (χ0) is 17.7. The molecule has 0 spiro atoms. The third-order valence-electron chi connectivity index (χ3n) is 6.00. The van der Waals surface area contributed by atoms with Crippen LogP contribution < -0.4 is 5.32 Å². The minimum Gasteiger partial charge on any atom is -0.378 e. The van der Waals surface area contributed by atoms with Crippen LogP contribution in [0, 0.1) is 23.6 Å². The van der Waals surface area contributed by atoms with E-state index in [1.807, 2.05) is 12.1 Å². The number of nitrogens with one attached hydrogen (secondary N) is 1. The molecule has 26 heavy (non-hydrogen) atoms. The number of pyridine rings is 1. The number of nitrogens with zero attached hydrogens (tertiary/aromatic N) is 2. The summed E-state index contributed by atoms with van der Waals surface area (Å²) in [6.45, 7) is 0. The number of rotatable bonds is 3. The Balaban J connectivity index is 1.50. The lowest BCUT2D eigenvalue weighted by Crippen LogP contribution is -2.53.